The van der Waals surface area contributed by atoms with Gasteiger partial charge in [0.15, 0.2) is 6.54 Å². The van der Waals surface area contributed by atoms with Gasteiger partial charge in [0.05, 0.1) is 15.9 Å². The van der Waals surface area contributed by atoms with Gasteiger partial charge >= 0.3 is 5.69 Å². The van der Waals surface area contributed by atoms with Gasteiger partial charge in [0.2, 0.25) is 0 Å². The molecule has 0 radical (unpaired) electrons. The highest BCUT2D eigenvalue weighted by Gasteiger charge is 2.24. The largest absolute Gasteiger partial charge is 0.372 e. The summed E-state index contributed by atoms with van der Waals surface area (Å²) >= 11 is 1.71. The van der Waals surface area contributed by atoms with Crippen molar-refractivity contribution in [2.75, 3.05) is 25.0 Å². The van der Waals surface area contributed by atoms with E-state index in [-0.39, 0.29) is 17.7 Å². The van der Waals surface area contributed by atoms with Crippen LogP contribution in [0.2, 0.25) is 0 Å². The number of quaternary nitrogens is 1. The van der Waals surface area contributed by atoms with Gasteiger partial charge in [0.25, 0.3) is 5.91 Å². The minimum atomic E-state index is -0.253. The molecule has 0 aliphatic carbocycles. The fourth-order valence-electron chi connectivity index (χ4n) is 3.54. The number of fused-ring (bicyclic) bond motifs is 1. The molecular formula is C19H23N4O3S+. The highest BCUT2D eigenvalue weighted by molar-refractivity contribution is 7.09. The van der Waals surface area contributed by atoms with Crippen molar-refractivity contribution in [3.8, 4) is 0 Å². The van der Waals surface area contributed by atoms with Gasteiger partial charge in [-0.15, -0.1) is 11.3 Å². The monoisotopic (exact) mass is 387 g/mol. The number of aromatic amines is 2. The Balaban J connectivity index is 1.41. The number of thiophene rings is 1. The molecule has 0 saturated carbocycles. The lowest BCUT2D eigenvalue weighted by Gasteiger charge is -2.21. The van der Waals surface area contributed by atoms with Crippen LogP contribution in [0.1, 0.15) is 17.7 Å². The molecule has 1 amide bonds. The van der Waals surface area contributed by atoms with Gasteiger partial charge in [0.1, 0.15) is 19.2 Å². The van der Waals surface area contributed by atoms with E-state index < -0.39 is 0 Å². The smallest absolute Gasteiger partial charge is 0.323 e. The number of benzene rings is 1. The van der Waals surface area contributed by atoms with E-state index in [1.807, 2.05) is 6.07 Å². The molecular weight excluding hydrogens is 364 g/mol. The number of rotatable bonds is 7. The Morgan fingerprint density at radius 3 is 2.96 bits per heavy atom. The van der Waals surface area contributed by atoms with Crippen LogP contribution in [0.15, 0.2) is 40.5 Å². The minimum absolute atomic E-state index is 0.0446. The zero-order valence-electron chi connectivity index (χ0n) is 14.9. The van der Waals surface area contributed by atoms with Gasteiger partial charge in [0, 0.05) is 12.3 Å². The number of hydrogen-bond donors (Lipinski definition) is 4. The van der Waals surface area contributed by atoms with Crippen LogP contribution < -0.4 is 15.9 Å². The first kappa shape index (κ1) is 18.0. The lowest BCUT2D eigenvalue weighted by molar-refractivity contribution is -0.908. The Kier molecular flexibility index (Phi) is 5.38. The fourth-order valence-corrected chi connectivity index (χ4v) is 4.31. The van der Waals surface area contributed by atoms with E-state index >= 15 is 0 Å². The van der Waals surface area contributed by atoms with Crippen molar-refractivity contribution in [2.24, 2.45) is 0 Å². The second-order valence-corrected chi connectivity index (χ2v) is 7.94. The van der Waals surface area contributed by atoms with Crippen LogP contribution in [-0.2, 0) is 16.1 Å². The highest BCUT2D eigenvalue weighted by Crippen LogP contribution is 2.14. The van der Waals surface area contributed by atoms with Crippen LogP contribution in [0, 0.1) is 0 Å². The number of imidazole rings is 1. The van der Waals surface area contributed by atoms with Crippen molar-refractivity contribution < 1.29 is 14.4 Å². The summed E-state index contributed by atoms with van der Waals surface area (Å²) in [5.74, 6) is -0.0446. The van der Waals surface area contributed by atoms with Crippen LogP contribution >= 0.6 is 11.3 Å². The van der Waals surface area contributed by atoms with E-state index in [9.17, 15) is 9.59 Å². The summed E-state index contributed by atoms with van der Waals surface area (Å²) in [7, 11) is 0. The van der Waals surface area contributed by atoms with Crippen molar-refractivity contribution >= 4 is 34.0 Å². The maximum absolute atomic E-state index is 12.6. The normalized spacial score (nSPS) is 18.0. The van der Waals surface area contributed by atoms with E-state index in [2.05, 4.69) is 26.7 Å². The molecule has 142 valence electrons. The van der Waals surface area contributed by atoms with E-state index in [0.717, 1.165) is 38.1 Å². The maximum Gasteiger partial charge on any atom is 0.323 e. The number of amides is 1. The number of carbonyl (C=O) groups excluding carboxylic acids is 1. The predicted molar refractivity (Wildman–Crippen MR) is 105 cm³/mol. The first-order chi connectivity index (χ1) is 13.2. The molecule has 1 aliphatic heterocycles. The van der Waals surface area contributed by atoms with E-state index in [4.69, 9.17) is 4.74 Å². The second-order valence-electron chi connectivity index (χ2n) is 6.91. The van der Waals surface area contributed by atoms with Crippen molar-refractivity contribution in [1.82, 2.24) is 9.97 Å². The minimum Gasteiger partial charge on any atom is -0.372 e. The molecule has 4 rings (SSSR count). The van der Waals surface area contributed by atoms with Crippen LogP contribution in [0.4, 0.5) is 5.69 Å². The van der Waals surface area contributed by atoms with Gasteiger partial charge in [-0.25, -0.2) is 4.79 Å². The molecule has 8 heteroatoms. The number of anilines is 1. The van der Waals surface area contributed by atoms with Crippen LogP contribution in [-0.4, -0.2) is 41.7 Å². The fraction of sp³-hybridized carbons (Fsp3) is 0.368. The molecule has 7 nitrogen and oxygen atoms in total. The van der Waals surface area contributed by atoms with Crippen molar-refractivity contribution in [3.05, 3.63) is 51.1 Å². The Hall–Kier alpha value is -2.42. The summed E-state index contributed by atoms with van der Waals surface area (Å²) in [6.45, 7) is 2.84. The van der Waals surface area contributed by atoms with Gasteiger partial charge in [-0.3, -0.25) is 4.79 Å². The summed E-state index contributed by atoms with van der Waals surface area (Å²) in [5.41, 5.74) is 1.83. The van der Waals surface area contributed by atoms with E-state index in [1.54, 1.807) is 29.5 Å². The summed E-state index contributed by atoms with van der Waals surface area (Å²) < 4.78 is 5.77. The Morgan fingerprint density at radius 2 is 2.19 bits per heavy atom. The quantitative estimate of drug-likeness (QED) is 0.490. The zero-order valence-corrected chi connectivity index (χ0v) is 15.7. The summed E-state index contributed by atoms with van der Waals surface area (Å²) in [4.78, 5) is 31.9. The number of H-pyrrole nitrogens is 2. The average Bonchev–Trinajstić information content (AvgIpc) is 3.36. The van der Waals surface area contributed by atoms with E-state index in [0.29, 0.717) is 17.7 Å². The summed E-state index contributed by atoms with van der Waals surface area (Å²) in [6, 6.07) is 9.49. The Labute approximate surface area is 160 Å². The molecule has 2 atom stereocenters. The molecule has 3 heterocycles. The topological polar surface area (TPSA) is 91.4 Å². The third kappa shape index (κ3) is 4.65. The SMILES string of the molecule is O=C(C[NH+](Cc1cccs1)C[C@H]1CCCO1)Nc1ccc2[nH]c(=O)[nH]c2c1. The first-order valence-corrected chi connectivity index (χ1v) is 10.0. The molecule has 27 heavy (non-hydrogen) atoms. The second kappa shape index (κ2) is 8.08. The van der Waals surface area contributed by atoms with Crippen LogP contribution in [0.25, 0.3) is 11.0 Å². The molecule has 1 fully saturated rings. The molecule has 4 N–H and O–H groups in total. The van der Waals surface area contributed by atoms with Crippen LogP contribution in [0.3, 0.4) is 0 Å². The standard InChI is InChI=1S/C19H22N4O3S/c24-18(20-13-5-6-16-17(9-13)22-19(25)21-16)12-23(10-14-3-1-7-26-14)11-15-4-2-8-27-15/h2,4-6,8-9,14H,1,3,7,10-12H2,(H,20,24)(H2,21,22,25)/p+1/t14-/m1/s1. The zero-order chi connectivity index (χ0) is 18.6. The van der Waals surface area contributed by atoms with Crippen molar-refractivity contribution in [1.29, 1.82) is 0 Å². The highest BCUT2D eigenvalue weighted by atomic mass is 32.1. The third-order valence-corrected chi connectivity index (χ3v) is 5.63. The molecule has 2 aromatic heterocycles. The molecule has 1 saturated heterocycles. The lowest BCUT2D eigenvalue weighted by atomic mass is 10.2. The number of aromatic nitrogens is 2. The number of nitrogens with one attached hydrogen (secondary N) is 4. The van der Waals surface area contributed by atoms with Crippen molar-refractivity contribution in [3.63, 3.8) is 0 Å². The number of carbonyl (C=O) groups is 1. The Bertz CT molecular complexity index is 957. The van der Waals surface area contributed by atoms with Gasteiger partial charge < -0.3 is 24.9 Å². The number of hydrogen-bond acceptors (Lipinski definition) is 4. The lowest BCUT2D eigenvalue weighted by Crippen LogP contribution is -3.12. The molecule has 1 aliphatic rings. The molecule has 0 bridgehead atoms. The Morgan fingerprint density at radius 1 is 1.30 bits per heavy atom. The third-order valence-electron chi connectivity index (χ3n) is 4.75. The summed E-state index contributed by atoms with van der Waals surface area (Å²) in [5, 5.41) is 5.01. The van der Waals surface area contributed by atoms with Gasteiger partial charge in [-0.1, -0.05) is 6.07 Å². The van der Waals surface area contributed by atoms with Crippen molar-refractivity contribution in [2.45, 2.75) is 25.5 Å². The average molecular weight is 387 g/mol. The summed E-state index contributed by atoms with van der Waals surface area (Å²) in [6.07, 6.45) is 2.39. The predicted octanol–water partition coefficient (Wildman–Crippen LogP) is 1.12. The van der Waals surface area contributed by atoms with Crippen LogP contribution in [0.5, 0.6) is 0 Å². The van der Waals surface area contributed by atoms with E-state index in [1.165, 1.54) is 9.78 Å². The van der Waals surface area contributed by atoms with Gasteiger partial charge in [-0.05, 0) is 42.5 Å². The molecule has 3 aromatic rings. The first-order valence-electron chi connectivity index (χ1n) is 9.15. The molecule has 1 aromatic carbocycles. The molecule has 1 unspecified atom stereocenters. The maximum atomic E-state index is 12.6. The molecule has 0 spiro atoms. The van der Waals surface area contributed by atoms with Gasteiger partial charge in [-0.2, -0.15) is 0 Å². The number of ether oxygens (including phenoxy) is 1.